The van der Waals surface area contributed by atoms with Crippen LogP contribution in [0.2, 0.25) is 0 Å². The first-order chi connectivity index (χ1) is 13.6. The fraction of sp³-hybridized carbons (Fsp3) is 0.364. The van der Waals surface area contributed by atoms with E-state index >= 15 is 0 Å². The van der Waals surface area contributed by atoms with Crippen molar-refractivity contribution in [3.8, 4) is 6.07 Å². The van der Waals surface area contributed by atoms with Gasteiger partial charge in [-0.1, -0.05) is 23.8 Å². The summed E-state index contributed by atoms with van der Waals surface area (Å²) in [6, 6.07) is 15.3. The molecular weight excluding hydrogens is 480 g/mol. The lowest BCUT2D eigenvalue weighted by molar-refractivity contribution is 0.608. The van der Waals surface area contributed by atoms with Gasteiger partial charge in [0.2, 0.25) is 0 Å². The second-order valence-electron chi connectivity index (χ2n) is 7.02. The van der Waals surface area contributed by atoms with E-state index < -0.39 is 5.82 Å². The Morgan fingerprint density at radius 1 is 1.28 bits per heavy atom. The highest BCUT2D eigenvalue weighted by Crippen LogP contribution is 2.20. The zero-order chi connectivity index (χ0) is 19.9. The quantitative estimate of drug-likeness (QED) is 0.366. The monoisotopic (exact) mass is 507 g/mol. The van der Waals surface area contributed by atoms with Crippen molar-refractivity contribution in [3.05, 3.63) is 65.0 Å². The molecule has 1 fully saturated rings. The van der Waals surface area contributed by atoms with Crippen molar-refractivity contribution in [2.45, 2.75) is 32.9 Å². The van der Waals surface area contributed by atoms with Gasteiger partial charge in [-0.3, -0.25) is 0 Å². The van der Waals surface area contributed by atoms with Crippen molar-refractivity contribution < 1.29 is 4.39 Å². The molecule has 0 aliphatic carbocycles. The van der Waals surface area contributed by atoms with E-state index in [0.29, 0.717) is 17.1 Å². The van der Waals surface area contributed by atoms with Gasteiger partial charge in [0.1, 0.15) is 5.82 Å². The number of aliphatic imine (C=N–C) groups is 1. The van der Waals surface area contributed by atoms with Crippen LogP contribution in [0.15, 0.2) is 47.5 Å². The summed E-state index contributed by atoms with van der Waals surface area (Å²) >= 11 is 0. The molecule has 2 aromatic carbocycles. The first-order valence-corrected chi connectivity index (χ1v) is 9.64. The SMILES string of the molecule is CCNC(=NCc1ccc(C#N)cc1F)NC1CCN(c2ccc(C)cc2)C1.I. The number of rotatable bonds is 5. The number of nitrogens with zero attached hydrogens (tertiary/aromatic N) is 3. The Bertz CT molecular complexity index is 876. The van der Waals surface area contributed by atoms with Crippen LogP contribution in [0.5, 0.6) is 0 Å². The summed E-state index contributed by atoms with van der Waals surface area (Å²) in [6.45, 7) is 6.95. The minimum Gasteiger partial charge on any atom is -0.369 e. The first-order valence-electron chi connectivity index (χ1n) is 9.64. The maximum absolute atomic E-state index is 14.1. The maximum atomic E-state index is 14.1. The highest BCUT2D eigenvalue weighted by molar-refractivity contribution is 14.0. The predicted octanol–water partition coefficient (Wildman–Crippen LogP) is 3.96. The van der Waals surface area contributed by atoms with Gasteiger partial charge in [-0.25, -0.2) is 9.38 Å². The Hall–Kier alpha value is -2.34. The molecule has 7 heteroatoms. The topological polar surface area (TPSA) is 63.5 Å². The van der Waals surface area contributed by atoms with E-state index in [0.717, 1.165) is 26.1 Å². The normalized spacial score (nSPS) is 16.1. The third-order valence-corrected chi connectivity index (χ3v) is 4.86. The molecular formula is C22H27FIN5. The third-order valence-electron chi connectivity index (χ3n) is 4.86. The zero-order valence-electron chi connectivity index (χ0n) is 16.8. The highest BCUT2D eigenvalue weighted by Gasteiger charge is 2.23. The molecule has 0 saturated carbocycles. The molecule has 154 valence electrons. The molecule has 3 rings (SSSR count). The van der Waals surface area contributed by atoms with Gasteiger partial charge in [-0.05, 0) is 44.5 Å². The van der Waals surface area contributed by atoms with E-state index in [-0.39, 0.29) is 36.6 Å². The van der Waals surface area contributed by atoms with E-state index in [4.69, 9.17) is 5.26 Å². The fourth-order valence-corrected chi connectivity index (χ4v) is 3.29. The lowest BCUT2D eigenvalue weighted by Crippen LogP contribution is -2.44. The van der Waals surface area contributed by atoms with Crippen molar-refractivity contribution in [3.63, 3.8) is 0 Å². The number of guanidine groups is 1. The molecule has 1 atom stereocenters. The molecule has 1 unspecified atom stereocenters. The summed E-state index contributed by atoms with van der Waals surface area (Å²) in [5, 5.41) is 15.5. The summed E-state index contributed by atoms with van der Waals surface area (Å²) in [7, 11) is 0. The third kappa shape index (κ3) is 6.32. The van der Waals surface area contributed by atoms with Gasteiger partial charge in [0.25, 0.3) is 0 Å². The lowest BCUT2D eigenvalue weighted by Gasteiger charge is -2.20. The van der Waals surface area contributed by atoms with Crippen LogP contribution in [-0.2, 0) is 6.54 Å². The van der Waals surface area contributed by atoms with Gasteiger partial charge in [0.15, 0.2) is 5.96 Å². The van der Waals surface area contributed by atoms with E-state index in [1.54, 1.807) is 12.1 Å². The van der Waals surface area contributed by atoms with Gasteiger partial charge in [-0.15, -0.1) is 24.0 Å². The standard InChI is InChI=1S/C22H26FN5.HI/c1-3-25-22(26-14-18-7-6-17(13-24)12-21(18)23)27-19-10-11-28(15-19)20-8-4-16(2)5-9-20;/h4-9,12,19H,3,10-11,14-15H2,1-2H3,(H2,25,26,27);1H. The van der Waals surface area contributed by atoms with E-state index in [1.165, 1.54) is 17.3 Å². The predicted molar refractivity (Wildman–Crippen MR) is 126 cm³/mol. The van der Waals surface area contributed by atoms with Gasteiger partial charge in [0.05, 0.1) is 18.2 Å². The maximum Gasteiger partial charge on any atom is 0.191 e. The van der Waals surface area contributed by atoms with E-state index in [9.17, 15) is 4.39 Å². The average molecular weight is 507 g/mol. The van der Waals surface area contributed by atoms with Crippen LogP contribution in [-0.4, -0.2) is 31.6 Å². The minimum absolute atomic E-state index is 0. The number of nitriles is 1. The molecule has 1 aliphatic rings. The van der Waals surface area contributed by atoms with Crippen LogP contribution in [0.3, 0.4) is 0 Å². The average Bonchev–Trinajstić information content (AvgIpc) is 3.16. The van der Waals surface area contributed by atoms with Gasteiger partial charge in [0, 0.05) is 36.9 Å². The molecule has 0 spiro atoms. The Morgan fingerprint density at radius 3 is 2.69 bits per heavy atom. The summed E-state index contributed by atoms with van der Waals surface area (Å²) in [5.74, 6) is 0.284. The number of aryl methyl sites for hydroxylation is 1. The van der Waals surface area contributed by atoms with Gasteiger partial charge >= 0.3 is 0 Å². The van der Waals surface area contributed by atoms with Gasteiger partial charge < -0.3 is 15.5 Å². The minimum atomic E-state index is -0.398. The number of anilines is 1. The number of benzene rings is 2. The summed E-state index contributed by atoms with van der Waals surface area (Å²) in [6.07, 6.45) is 1.02. The number of halogens is 2. The molecule has 0 aromatic heterocycles. The van der Waals surface area contributed by atoms with Crippen molar-refractivity contribution in [1.82, 2.24) is 10.6 Å². The molecule has 0 bridgehead atoms. The van der Waals surface area contributed by atoms with Crippen molar-refractivity contribution >= 4 is 35.6 Å². The molecule has 2 aromatic rings. The molecule has 1 aliphatic heterocycles. The van der Waals surface area contributed by atoms with Gasteiger partial charge in [-0.2, -0.15) is 5.26 Å². The molecule has 2 N–H and O–H groups in total. The number of hydrogen-bond acceptors (Lipinski definition) is 3. The number of hydrogen-bond donors (Lipinski definition) is 2. The largest absolute Gasteiger partial charge is 0.369 e. The second-order valence-corrected chi connectivity index (χ2v) is 7.02. The van der Waals surface area contributed by atoms with Crippen LogP contribution in [0.4, 0.5) is 10.1 Å². The zero-order valence-corrected chi connectivity index (χ0v) is 19.1. The Morgan fingerprint density at radius 2 is 2.03 bits per heavy atom. The van der Waals surface area contributed by atoms with Crippen molar-refractivity contribution in [2.24, 2.45) is 4.99 Å². The molecule has 0 amide bonds. The van der Waals surface area contributed by atoms with Crippen LogP contribution in [0, 0.1) is 24.1 Å². The molecule has 5 nitrogen and oxygen atoms in total. The van der Waals surface area contributed by atoms with E-state index in [2.05, 4.69) is 51.7 Å². The Balaban J connectivity index is 0.00000300. The summed E-state index contributed by atoms with van der Waals surface area (Å²) < 4.78 is 14.1. The molecule has 0 radical (unpaired) electrons. The number of nitrogens with one attached hydrogen (secondary N) is 2. The highest BCUT2D eigenvalue weighted by atomic mass is 127. The van der Waals surface area contributed by atoms with Crippen LogP contribution in [0.1, 0.15) is 30.0 Å². The molecule has 1 saturated heterocycles. The van der Waals surface area contributed by atoms with Crippen LogP contribution < -0.4 is 15.5 Å². The molecule has 29 heavy (non-hydrogen) atoms. The summed E-state index contributed by atoms with van der Waals surface area (Å²) in [4.78, 5) is 6.89. The van der Waals surface area contributed by atoms with Crippen LogP contribution in [0.25, 0.3) is 0 Å². The van der Waals surface area contributed by atoms with Crippen molar-refractivity contribution in [2.75, 3.05) is 24.5 Å². The van der Waals surface area contributed by atoms with E-state index in [1.807, 2.05) is 13.0 Å². The Kier molecular flexibility index (Phi) is 8.70. The fourth-order valence-electron chi connectivity index (χ4n) is 3.29. The Labute approximate surface area is 189 Å². The smallest absolute Gasteiger partial charge is 0.191 e. The summed E-state index contributed by atoms with van der Waals surface area (Å²) in [5.41, 5.74) is 3.28. The van der Waals surface area contributed by atoms with Crippen molar-refractivity contribution in [1.29, 1.82) is 5.26 Å². The lowest BCUT2D eigenvalue weighted by atomic mass is 10.1. The molecule has 1 heterocycles. The first kappa shape index (κ1) is 22.9. The van der Waals surface area contributed by atoms with Crippen LogP contribution >= 0.6 is 24.0 Å². The second kappa shape index (κ2) is 11.0.